The zero-order valence-electron chi connectivity index (χ0n) is 14.9. The maximum atomic E-state index is 14.0. The Hall–Kier alpha value is -2.58. The second-order valence-electron chi connectivity index (χ2n) is 6.25. The zero-order chi connectivity index (χ0) is 19.7. The molecule has 3 aromatic rings. The molecule has 0 radical (unpaired) electrons. The van der Waals surface area contributed by atoms with Crippen LogP contribution in [0.25, 0.3) is 0 Å². The van der Waals surface area contributed by atoms with Crippen LogP contribution < -0.4 is 10.7 Å². The first-order chi connectivity index (χ1) is 13.6. The Kier molecular flexibility index (Phi) is 5.23. The number of carbonyl (C=O) groups excluding carboxylic acids is 1. The lowest BCUT2D eigenvalue weighted by molar-refractivity contribution is -0.116. The number of fused-ring (bicyclic) bond motifs is 1. The lowest BCUT2D eigenvalue weighted by atomic mass is 10.0. The summed E-state index contributed by atoms with van der Waals surface area (Å²) >= 11 is 7.31. The number of halogens is 2. The summed E-state index contributed by atoms with van der Waals surface area (Å²) < 4.78 is 15.8. The van der Waals surface area contributed by atoms with Crippen LogP contribution in [0, 0.1) is 5.82 Å². The van der Waals surface area contributed by atoms with Gasteiger partial charge in [0.25, 0.3) is 0 Å². The van der Waals surface area contributed by atoms with Crippen LogP contribution in [-0.4, -0.2) is 26.0 Å². The minimum absolute atomic E-state index is 0.143. The van der Waals surface area contributed by atoms with Gasteiger partial charge >= 0.3 is 0 Å². The third kappa shape index (κ3) is 3.57. The number of nitrogens with one attached hydrogen (secondary N) is 2. The smallest absolute Gasteiger partial charge is 0.240 e. The number of aryl methyl sites for hydroxylation is 1. The molecule has 2 atom stereocenters. The summed E-state index contributed by atoms with van der Waals surface area (Å²) in [4.78, 5) is 13.0. The molecular formula is C19H17ClFN5OS. The summed E-state index contributed by atoms with van der Waals surface area (Å²) in [5, 5.41) is 11.6. The topological polar surface area (TPSA) is 71.8 Å². The van der Waals surface area contributed by atoms with E-state index in [2.05, 4.69) is 20.9 Å². The van der Waals surface area contributed by atoms with E-state index in [0.29, 0.717) is 16.6 Å². The summed E-state index contributed by atoms with van der Waals surface area (Å²) in [7, 11) is 0. The predicted octanol–water partition coefficient (Wildman–Crippen LogP) is 4.03. The second kappa shape index (κ2) is 7.81. The summed E-state index contributed by atoms with van der Waals surface area (Å²) in [6, 6.07) is 13.0. The first-order valence-corrected chi connectivity index (χ1v) is 10.0. The lowest BCUT2D eigenvalue weighted by Gasteiger charge is -2.33. The molecule has 28 heavy (non-hydrogen) atoms. The zero-order valence-corrected chi connectivity index (χ0v) is 16.5. The second-order valence-corrected chi connectivity index (χ2v) is 7.80. The Morgan fingerprint density at radius 3 is 2.71 bits per heavy atom. The number of nitrogens with zero attached hydrogens (tertiary/aromatic N) is 3. The van der Waals surface area contributed by atoms with Crippen molar-refractivity contribution in [1.82, 2.24) is 14.9 Å². The number of hydrogen-bond donors (Lipinski definition) is 2. The van der Waals surface area contributed by atoms with Gasteiger partial charge in [0.15, 0.2) is 5.82 Å². The molecule has 0 fully saturated rings. The van der Waals surface area contributed by atoms with E-state index < -0.39 is 11.1 Å². The molecule has 0 saturated heterocycles. The fourth-order valence-corrected chi connectivity index (χ4v) is 4.24. The van der Waals surface area contributed by atoms with Crippen LogP contribution in [0.5, 0.6) is 0 Å². The number of rotatable bonds is 4. The van der Waals surface area contributed by atoms with Crippen LogP contribution in [0.3, 0.4) is 0 Å². The van der Waals surface area contributed by atoms with Gasteiger partial charge in [0.05, 0.1) is 11.7 Å². The van der Waals surface area contributed by atoms with E-state index in [1.54, 1.807) is 28.9 Å². The molecule has 1 aliphatic heterocycles. The fourth-order valence-electron chi connectivity index (χ4n) is 3.01. The van der Waals surface area contributed by atoms with Crippen molar-refractivity contribution in [2.24, 2.45) is 0 Å². The van der Waals surface area contributed by atoms with E-state index in [-0.39, 0.29) is 17.6 Å². The van der Waals surface area contributed by atoms with Crippen LogP contribution in [0.4, 0.5) is 10.1 Å². The van der Waals surface area contributed by atoms with Crippen molar-refractivity contribution in [3.05, 3.63) is 70.8 Å². The summed E-state index contributed by atoms with van der Waals surface area (Å²) in [5.74, 6) is -0.0339. The van der Waals surface area contributed by atoms with Crippen LogP contribution >= 0.6 is 23.4 Å². The molecule has 0 aliphatic carbocycles. The highest BCUT2D eigenvalue weighted by Gasteiger charge is 2.37. The number of anilines is 1. The van der Waals surface area contributed by atoms with Crippen molar-refractivity contribution in [3.8, 4) is 0 Å². The van der Waals surface area contributed by atoms with Crippen molar-refractivity contribution in [2.75, 3.05) is 10.7 Å². The number of carbonyl (C=O) groups is 1. The van der Waals surface area contributed by atoms with Gasteiger partial charge in [0.2, 0.25) is 11.1 Å². The Morgan fingerprint density at radius 1 is 1.25 bits per heavy atom. The summed E-state index contributed by atoms with van der Waals surface area (Å²) in [5.41, 5.74) is 4.36. The summed E-state index contributed by atoms with van der Waals surface area (Å²) in [6.07, 6.45) is 0.694. The number of thioether (sulfide) groups is 1. The van der Waals surface area contributed by atoms with Crippen molar-refractivity contribution >= 4 is 35.0 Å². The molecule has 0 spiro atoms. The third-order valence-corrected chi connectivity index (χ3v) is 5.91. The van der Waals surface area contributed by atoms with Crippen molar-refractivity contribution in [3.63, 3.8) is 0 Å². The van der Waals surface area contributed by atoms with Crippen LogP contribution in [0.2, 0.25) is 5.02 Å². The number of aromatic nitrogens is 3. The monoisotopic (exact) mass is 417 g/mol. The van der Waals surface area contributed by atoms with Crippen molar-refractivity contribution < 1.29 is 9.18 Å². The molecule has 1 aromatic heterocycles. The molecule has 0 saturated carbocycles. The van der Waals surface area contributed by atoms with E-state index >= 15 is 0 Å². The highest BCUT2D eigenvalue weighted by molar-refractivity contribution is 8.00. The van der Waals surface area contributed by atoms with E-state index in [0.717, 1.165) is 11.4 Å². The molecule has 1 aliphatic rings. The average Bonchev–Trinajstić information content (AvgIpc) is 3.11. The Morgan fingerprint density at radius 2 is 2.00 bits per heavy atom. The van der Waals surface area contributed by atoms with Crippen LogP contribution in [0.15, 0.2) is 53.7 Å². The molecule has 144 valence electrons. The maximum Gasteiger partial charge on any atom is 0.240 e. The molecule has 6 nitrogen and oxygen atoms in total. The fraction of sp³-hybridized carbons (Fsp3) is 0.211. The normalized spacial score (nSPS) is 18.2. The maximum absolute atomic E-state index is 14.0. The molecule has 2 N–H and O–H groups in total. The first kappa shape index (κ1) is 18.8. The van der Waals surface area contributed by atoms with Gasteiger partial charge < -0.3 is 10.7 Å². The number of para-hydroxylation sites is 1. The van der Waals surface area contributed by atoms with E-state index in [4.69, 9.17) is 11.6 Å². The Labute approximate surface area is 170 Å². The van der Waals surface area contributed by atoms with E-state index in [1.165, 1.54) is 23.9 Å². The van der Waals surface area contributed by atoms with Gasteiger partial charge in [-0.15, -0.1) is 10.2 Å². The van der Waals surface area contributed by atoms with Gasteiger partial charge in [0, 0.05) is 11.4 Å². The van der Waals surface area contributed by atoms with Crippen molar-refractivity contribution in [2.45, 2.75) is 29.8 Å². The number of amides is 1. The van der Waals surface area contributed by atoms with Gasteiger partial charge in [-0.2, -0.15) is 0 Å². The standard InChI is InChI=1S/C19H17ClFN5OS/c1-2-15-23-24-19-26(15)25-16(11-7-9-12(20)10-8-11)17(28-19)18(27)22-14-6-4-3-5-13(14)21/h3-10,16-17,25H,2H2,1H3,(H,22,27)/t16-,17-/m1/s1. The van der Waals surface area contributed by atoms with Gasteiger partial charge in [-0.1, -0.05) is 54.6 Å². The van der Waals surface area contributed by atoms with E-state index in [1.807, 2.05) is 19.1 Å². The summed E-state index contributed by atoms with van der Waals surface area (Å²) in [6.45, 7) is 1.98. The minimum atomic E-state index is -0.581. The molecule has 2 heterocycles. The predicted molar refractivity (Wildman–Crippen MR) is 108 cm³/mol. The van der Waals surface area contributed by atoms with Gasteiger partial charge in [-0.25, -0.2) is 9.07 Å². The SMILES string of the molecule is CCc1nnc2n1N[C@H](c1ccc(Cl)cc1)[C@H](C(=O)Nc1ccccc1F)S2. The van der Waals surface area contributed by atoms with Crippen molar-refractivity contribution in [1.29, 1.82) is 0 Å². The Bertz CT molecular complexity index is 1010. The molecule has 4 rings (SSSR count). The molecule has 0 unspecified atom stereocenters. The number of hydrogen-bond acceptors (Lipinski definition) is 5. The lowest BCUT2D eigenvalue weighted by Crippen LogP contribution is -2.41. The third-order valence-electron chi connectivity index (χ3n) is 4.44. The minimum Gasteiger partial charge on any atom is -0.323 e. The molecule has 2 aromatic carbocycles. The molecule has 1 amide bonds. The van der Waals surface area contributed by atoms with E-state index in [9.17, 15) is 9.18 Å². The molecule has 9 heteroatoms. The van der Waals surface area contributed by atoms with Gasteiger partial charge in [-0.05, 0) is 29.8 Å². The number of benzene rings is 2. The van der Waals surface area contributed by atoms with Crippen LogP contribution in [-0.2, 0) is 11.2 Å². The van der Waals surface area contributed by atoms with Gasteiger partial charge in [-0.3, -0.25) is 4.79 Å². The average molecular weight is 418 g/mol. The molecular weight excluding hydrogens is 401 g/mol. The highest BCUT2D eigenvalue weighted by Crippen LogP contribution is 2.38. The highest BCUT2D eigenvalue weighted by atomic mass is 35.5. The largest absolute Gasteiger partial charge is 0.323 e. The Balaban J connectivity index is 1.68. The quantitative estimate of drug-likeness (QED) is 0.670. The van der Waals surface area contributed by atoms with Crippen LogP contribution in [0.1, 0.15) is 24.4 Å². The first-order valence-electron chi connectivity index (χ1n) is 8.75. The molecule has 0 bridgehead atoms. The van der Waals surface area contributed by atoms with Gasteiger partial charge in [0.1, 0.15) is 11.1 Å².